The lowest BCUT2D eigenvalue weighted by atomic mass is 9.94. The van der Waals surface area contributed by atoms with E-state index in [0.29, 0.717) is 5.56 Å². The summed E-state index contributed by atoms with van der Waals surface area (Å²) in [5, 5.41) is 0. The van der Waals surface area contributed by atoms with Gasteiger partial charge in [-0.3, -0.25) is 5.84 Å². The third-order valence-electron chi connectivity index (χ3n) is 3.27. The van der Waals surface area contributed by atoms with Gasteiger partial charge in [0.15, 0.2) is 0 Å². The van der Waals surface area contributed by atoms with E-state index < -0.39 is 17.8 Å². The SMILES string of the molecule is Cc1ccc(C(NN)c2ccccc2C(F)(F)F)cc1Br. The molecule has 0 radical (unpaired) electrons. The fourth-order valence-electron chi connectivity index (χ4n) is 2.16. The molecule has 1 atom stereocenters. The van der Waals surface area contributed by atoms with Crippen molar-refractivity contribution in [3.8, 4) is 0 Å². The Hall–Kier alpha value is -1.37. The molecule has 0 fully saturated rings. The molecule has 0 aliphatic rings. The Morgan fingerprint density at radius 3 is 2.38 bits per heavy atom. The predicted octanol–water partition coefficient (Wildman–Crippen LogP) is 4.33. The number of hydrogen-bond acceptors (Lipinski definition) is 2. The minimum absolute atomic E-state index is 0.100. The Bertz CT molecular complexity index is 641. The molecule has 112 valence electrons. The van der Waals surface area contributed by atoms with Gasteiger partial charge >= 0.3 is 6.18 Å². The molecule has 0 aromatic heterocycles. The average Bonchev–Trinajstić information content (AvgIpc) is 2.43. The van der Waals surface area contributed by atoms with Crippen molar-refractivity contribution in [2.45, 2.75) is 19.1 Å². The second-order valence-electron chi connectivity index (χ2n) is 4.69. The van der Waals surface area contributed by atoms with Crippen molar-refractivity contribution in [2.24, 2.45) is 5.84 Å². The topological polar surface area (TPSA) is 38.0 Å². The van der Waals surface area contributed by atoms with E-state index in [9.17, 15) is 13.2 Å². The molecule has 0 aliphatic heterocycles. The molecule has 0 aliphatic carbocycles. The van der Waals surface area contributed by atoms with Gasteiger partial charge in [-0.05, 0) is 35.7 Å². The summed E-state index contributed by atoms with van der Waals surface area (Å²) in [5.41, 5.74) is 3.54. The summed E-state index contributed by atoms with van der Waals surface area (Å²) in [4.78, 5) is 0. The highest BCUT2D eigenvalue weighted by molar-refractivity contribution is 9.10. The first-order chi connectivity index (χ1) is 9.84. The van der Waals surface area contributed by atoms with Crippen LogP contribution in [0.3, 0.4) is 0 Å². The molecule has 0 spiro atoms. The zero-order valence-corrected chi connectivity index (χ0v) is 12.8. The van der Waals surface area contributed by atoms with Crippen molar-refractivity contribution in [1.29, 1.82) is 0 Å². The third-order valence-corrected chi connectivity index (χ3v) is 4.13. The molecule has 2 rings (SSSR count). The summed E-state index contributed by atoms with van der Waals surface area (Å²) in [7, 11) is 0. The first-order valence-electron chi connectivity index (χ1n) is 6.23. The maximum absolute atomic E-state index is 13.1. The second-order valence-corrected chi connectivity index (χ2v) is 5.55. The summed E-state index contributed by atoms with van der Waals surface area (Å²) in [6.07, 6.45) is -4.42. The molecule has 1 unspecified atom stereocenters. The van der Waals surface area contributed by atoms with Crippen LogP contribution in [-0.2, 0) is 6.18 Å². The van der Waals surface area contributed by atoms with Crippen LogP contribution in [-0.4, -0.2) is 0 Å². The molecule has 0 amide bonds. The molecule has 6 heteroatoms. The van der Waals surface area contributed by atoms with E-state index in [1.807, 2.05) is 13.0 Å². The molecule has 0 saturated heterocycles. The summed E-state index contributed by atoms with van der Waals surface area (Å²) in [6.45, 7) is 1.91. The summed E-state index contributed by atoms with van der Waals surface area (Å²) in [5.74, 6) is 5.50. The molecule has 2 nitrogen and oxygen atoms in total. The number of rotatable bonds is 3. The molecular weight excluding hydrogens is 345 g/mol. The molecule has 3 N–H and O–H groups in total. The minimum atomic E-state index is -4.42. The number of alkyl halides is 3. The van der Waals surface area contributed by atoms with Gasteiger partial charge in [0.1, 0.15) is 0 Å². The molecule has 2 aromatic carbocycles. The van der Waals surface area contributed by atoms with Gasteiger partial charge in [-0.25, -0.2) is 5.43 Å². The molecule has 0 saturated carbocycles. The van der Waals surface area contributed by atoms with E-state index in [-0.39, 0.29) is 5.56 Å². The lowest BCUT2D eigenvalue weighted by Gasteiger charge is -2.22. The summed E-state index contributed by atoms with van der Waals surface area (Å²) < 4.78 is 40.2. The van der Waals surface area contributed by atoms with Gasteiger partial charge in [-0.15, -0.1) is 0 Å². The number of hydrazine groups is 1. The van der Waals surface area contributed by atoms with Crippen LogP contribution in [0, 0.1) is 6.92 Å². The van der Waals surface area contributed by atoms with Crippen LogP contribution in [0.25, 0.3) is 0 Å². The maximum Gasteiger partial charge on any atom is 0.416 e. The Morgan fingerprint density at radius 1 is 1.14 bits per heavy atom. The van der Waals surface area contributed by atoms with Crippen LogP contribution in [0.4, 0.5) is 13.2 Å². The number of halogens is 4. The quantitative estimate of drug-likeness (QED) is 0.633. The van der Waals surface area contributed by atoms with E-state index in [1.165, 1.54) is 12.1 Å². The van der Waals surface area contributed by atoms with Crippen molar-refractivity contribution in [1.82, 2.24) is 5.43 Å². The van der Waals surface area contributed by atoms with Crippen molar-refractivity contribution < 1.29 is 13.2 Å². The second kappa shape index (κ2) is 6.17. The van der Waals surface area contributed by atoms with Crippen LogP contribution in [0.15, 0.2) is 46.9 Å². The zero-order chi connectivity index (χ0) is 15.6. The first kappa shape index (κ1) is 16.0. The number of aryl methyl sites for hydroxylation is 1. The van der Waals surface area contributed by atoms with Crippen molar-refractivity contribution in [3.05, 3.63) is 69.2 Å². The van der Waals surface area contributed by atoms with Gasteiger partial charge in [0.25, 0.3) is 0 Å². The summed E-state index contributed by atoms with van der Waals surface area (Å²) in [6, 6.07) is 10.1. The fourth-order valence-corrected chi connectivity index (χ4v) is 2.56. The Kier molecular flexibility index (Phi) is 4.70. The normalized spacial score (nSPS) is 13.2. The lowest BCUT2D eigenvalue weighted by Crippen LogP contribution is -2.30. The van der Waals surface area contributed by atoms with Crippen molar-refractivity contribution in [3.63, 3.8) is 0 Å². The predicted molar refractivity (Wildman–Crippen MR) is 79.5 cm³/mol. The van der Waals surface area contributed by atoms with Gasteiger partial charge in [0.2, 0.25) is 0 Å². The van der Waals surface area contributed by atoms with Crippen molar-refractivity contribution >= 4 is 15.9 Å². The Morgan fingerprint density at radius 2 is 1.81 bits per heavy atom. The van der Waals surface area contributed by atoms with Gasteiger partial charge in [0, 0.05) is 4.47 Å². The highest BCUT2D eigenvalue weighted by Crippen LogP contribution is 2.36. The number of nitrogens with two attached hydrogens (primary N) is 1. The summed E-state index contributed by atoms with van der Waals surface area (Å²) >= 11 is 3.38. The third kappa shape index (κ3) is 3.45. The van der Waals surface area contributed by atoms with E-state index in [1.54, 1.807) is 18.2 Å². The molecular formula is C15H14BrF3N2. The molecule has 0 bridgehead atoms. The monoisotopic (exact) mass is 358 g/mol. The number of benzene rings is 2. The van der Waals surface area contributed by atoms with Crippen LogP contribution in [0.2, 0.25) is 0 Å². The maximum atomic E-state index is 13.1. The van der Waals surface area contributed by atoms with Crippen LogP contribution in [0.1, 0.15) is 28.3 Å². The highest BCUT2D eigenvalue weighted by atomic mass is 79.9. The number of nitrogens with one attached hydrogen (secondary N) is 1. The molecule has 2 aromatic rings. The van der Waals surface area contributed by atoms with Crippen LogP contribution < -0.4 is 11.3 Å². The standard InChI is InChI=1S/C15H14BrF3N2/c1-9-6-7-10(8-13(9)16)14(21-20)11-4-2-3-5-12(11)15(17,18)19/h2-8,14,21H,20H2,1H3. The van der Waals surface area contributed by atoms with Crippen LogP contribution in [0.5, 0.6) is 0 Å². The lowest BCUT2D eigenvalue weighted by molar-refractivity contribution is -0.138. The van der Waals surface area contributed by atoms with Gasteiger partial charge < -0.3 is 0 Å². The molecule has 21 heavy (non-hydrogen) atoms. The molecule has 0 heterocycles. The number of hydrogen-bond donors (Lipinski definition) is 2. The van der Waals surface area contributed by atoms with Gasteiger partial charge in [0.05, 0.1) is 11.6 Å². The minimum Gasteiger partial charge on any atom is -0.271 e. The highest BCUT2D eigenvalue weighted by Gasteiger charge is 2.35. The Labute approximate surface area is 129 Å². The van der Waals surface area contributed by atoms with E-state index in [4.69, 9.17) is 5.84 Å². The zero-order valence-electron chi connectivity index (χ0n) is 11.2. The average molecular weight is 359 g/mol. The fraction of sp³-hybridized carbons (Fsp3) is 0.200. The van der Waals surface area contributed by atoms with E-state index in [0.717, 1.165) is 16.1 Å². The van der Waals surface area contributed by atoms with Crippen molar-refractivity contribution in [2.75, 3.05) is 0 Å². The van der Waals surface area contributed by atoms with Crippen LogP contribution >= 0.6 is 15.9 Å². The largest absolute Gasteiger partial charge is 0.416 e. The Balaban J connectivity index is 2.54. The van der Waals surface area contributed by atoms with E-state index >= 15 is 0 Å². The smallest absolute Gasteiger partial charge is 0.271 e. The van der Waals surface area contributed by atoms with E-state index in [2.05, 4.69) is 21.4 Å². The van der Waals surface area contributed by atoms with Gasteiger partial charge in [-0.1, -0.05) is 46.3 Å². The van der Waals surface area contributed by atoms with Gasteiger partial charge in [-0.2, -0.15) is 13.2 Å². The first-order valence-corrected chi connectivity index (χ1v) is 7.02.